The Hall–Kier alpha value is -3.61. The fraction of sp³-hybridized carbons (Fsp3) is 0.190. The number of nitrogens with zero attached hydrogens (tertiary/aromatic N) is 2. The van der Waals surface area contributed by atoms with E-state index in [9.17, 15) is 4.79 Å². The minimum Gasteiger partial charge on any atom is -0.493 e. The molecule has 1 aromatic heterocycles. The van der Waals surface area contributed by atoms with Crippen molar-refractivity contribution in [1.29, 1.82) is 0 Å². The van der Waals surface area contributed by atoms with E-state index in [1.807, 2.05) is 44.2 Å². The van der Waals surface area contributed by atoms with Crippen LogP contribution in [0.5, 0.6) is 11.5 Å². The smallest absolute Gasteiger partial charge is 0.289 e. The number of carbonyl (C=O) groups excluding carboxylic acids is 1. The summed E-state index contributed by atoms with van der Waals surface area (Å²) in [5, 5.41) is 11.1. The van der Waals surface area contributed by atoms with E-state index in [1.165, 1.54) is 5.56 Å². The van der Waals surface area contributed by atoms with Crippen molar-refractivity contribution in [3.8, 4) is 22.8 Å². The summed E-state index contributed by atoms with van der Waals surface area (Å²) in [6.45, 7) is 3.86. The van der Waals surface area contributed by atoms with Crippen LogP contribution in [0.4, 0.5) is 0 Å². The molecule has 0 aliphatic carbocycles. The molecule has 7 nitrogen and oxygen atoms in total. The predicted molar refractivity (Wildman–Crippen MR) is 108 cm³/mol. The van der Waals surface area contributed by atoms with Gasteiger partial charge in [-0.1, -0.05) is 29.8 Å². The number of aromatic nitrogens is 2. The van der Waals surface area contributed by atoms with Gasteiger partial charge in [0.2, 0.25) is 0 Å². The van der Waals surface area contributed by atoms with Crippen molar-refractivity contribution in [2.75, 3.05) is 14.2 Å². The number of hydrogen-bond acceptors (Lipinski definition) is 5. The maximum absolute atomic E-state index is 12.4. The molecule has 0 saturated heterocycles. The van der Waals surface area contributed by atoms with Gasteiger partial charge in [-0.3, -0.25) is 9.89 Å². The van der Waals surface area contributed by atoms with Crippen LogP contribution in [0, 0.1) is 6.92 Å². The molecule has 0 saturated carbocycles. The van der Waals surface area contributed by atoms with E-state index in [0.29, 0.717) is 28.6 Å². The van der Waals surface area contributed by atoms with Crippen LogP contribution in [0.3, 0.4) is 0 Å². The standard InChI is InChI=1S/C21H22N4O3/c1-13-5-7-15(8-6-13)14(2)22-25-21(26)18-12-17(23-24-18)16-9-10-19(27-3)20(11-16)28-4/h5-12H,1-4H3,(H,23,24)(H,25,26)/b22-14+. The molecule has 0 spiro atoms. The van der Waals surface area contributed by atoms with Crippen molar-refractivity contribution < 1.29 is 14.3 Å². The van der Waals surface area contributed by atoms with Crippen LogP contribution in [0.1, 0.15) is 28.5 Å². The molecule has 28 heavy (non-hydrogen) atoms. The van der Waals surface area contributed by atoms with E-state index in [2.05, 4.69) is 20.7 Å². The number of carbonyl (C=O) groups is 1. The molecule has 1 heterocycles. The van der Waals surface area contributed by atoms with E-state index >= 15 is 0 Å². The molecule has 1 amide bonds. The van der Waals surface area contributed by atoms with Crippen molar-refractivity contribution in [3.05, 3.63) is 65.4 Å². The van der Waals surface area contributed by atoms with E-state index in [0.717, 1.165) is 11.1 Å². The van der Waals surface area contributed by atoms with Crippen molar-refractivity contribution in [1.82, 2.24) is 15.6 Å². The Labute approximate surface area is 163 Å². The molecule has 7 heteroatoms. The Morgan fingerprint density at radius 3 is 2.43 bits per heavy atom. The number of hydrogen-bond donors (Lipinski definition) is 2. The highest BCUT2D eigenvalue weighted by atomic mass is 16.5. The summed E-state index contributed by atoms with van der Waals surface area (Å²) in [7, 11) is 3.15. The first kappa shape index (κ1) is 19.2. The fourth-order valence-electron chi connectivity index (χ4n) is 2.64. The SMILES string of the molecule is COc1ccc(-c2cc(C(=O)N/N=C(\C)c3ccc(C)cc3)[nH]n2)cc1OC. The molecule has 0 aliphatic rings. The third-order valence-corrected chi connectivity index (χ3v) is 4.30. The van der Waals surface area contributed by atoms with Gasteiger partial charge in [-0.2, -0.15) is 10.2 Å². The minimum absolute atomic E-state index is 0.310. The molecule has 3 rings (SSSR count). The third-order valence-electron chi connectivity index (χ3n) is 4.30. The predicted octanol–water partition coefficient (Wildman–Crippen LogP) is 3.56. The summed E-state index contributed by atoms with van der Waals surface area (Å²) in [6.07, 6.45) is 0. The molecule has 0 unspecified atom stereocenters. The molecule has 0 aliphatic heterocycles. The number of ether oxygens (including phenoxy) is 2. The van der Waals surface area contributed by atoms with E-state index in [4.69, 9.17) is 9.47 Å². The van der Waals surface area contributed by atoms with Gasteiger partial charge in [0, 0.05) is 5.56 Å². The number of amides is 1. The third kappa shape index (κ3) is 4.20. The summed E-state index contributed by atoms with van der Waals surface area (Å²) < 4.78 is 10.5. The van der Waals surface area contributed by atoms with Gasteiger partial charge in [-0.15, -0.1) is 0 Å². The van der Waals surface area contributed by atoms with Gasteiger partial charge >= 0.3 is 0 Å². The zero-order valence-electron chi connectivity index (χ0n) is 16.2. The van der Waals surface area contributed by atoms with Crippen LogP contribution in [0.25, 0.3) is 11.3 Å². The maximum Gasteiger partial charge on any atom is 0.289 e. The fourth-order valence-corrected chi connectivity index (χ4v) is 2.64. The quantitative estimate of drug-likeness (QED) is 0.507. The molecule has 144 valence electrons. The number of aromatic amines is 1. The largest absolute Gasteiger partial charge is 0.493 e. The Bertz CT molecular complexity index is 1010. The summed E-state index contributed by atoms with van der Waals surface area (Å²) in [6, 6.07) is 15.0. The van der Waals surface area contributed by atoms with E-state index < -0.39 is 0 Å². The molecular weight excluding hydrogens is 356 g/mol. The Morgan fingerprint density at radius 2 is 1.75 bits per heavy atom. The van der Waals surface area contributed by atoms with Crippen molar-refractivity contribution in [2.24, 2.45) is 5.10 Å². The molecule has 0 bridgehead atoms. The highest BCUT2D eigenvalue weighted by Gasteiger charge is 2.13. The molecule has 0 atom stereocenters. The first-order chi connectivity index (χ1) is 13.5. The summed E-state index contributed by atoms with van der Waals surface area (Å²) in [5.41, 5.74) is 7.10. The number of H-pyrrole nitrogens is 1. The van der Waals surface area contributed by atoms with Gasteiger partial charge in [0.25, 0.3) is 5.91 Å². The number of hydrazone groups is 1. The second kappa shape index (κ2) is 8.39. The van der Waals surface area contributed by atoms with E-state index in [1.54, 1.807) is 32.4 Å². The topological polar surface area (TPSA) is 88.6 Å². The second-order valence-electron chi connectivity index (χ2n) is 6.24. The number of aryl methyl sites for hydroxylation is 1. The Morgan fingerprint density at radius 1 is 1.04 bits per heavy atom. The monoisotopic (exact) mass is 378 g/mol. The Balaban J connectivity index is 1.73. The lowest BCUT2D eigenvalue weighted by atomic mass is 10.1. The van der Waals surface area contributed by atoms with Crippen LogP contribution in [-0.2, 0) is 0 Å². The maximum atomic E-state index is 12.4. The summed E-state index contributed by atoms with van der Waals surface area (Å²) in [4.78, 5) is 12.4. The average Bonchev–Trinajstić information content (AvgIpc) is 3.22. The zero-order valence-corrected chi connectivity index (χ0v) is 16.2. The molecule has 3 aromatic rings. The van der Waals surface area contributed by atoms with Crippen molar-refractivity contribution in [3.63, 3.8) is 0 Å². The number of rotatable bonds is 6. The van der Waals surface area contributed by atoms with Gasteiger partial charge in [0.1, 0.15) is 5.69 Å². The van der Waals surface area contributed by atoms with Crippen LogP contribution in [0.15, 0.2) is 53.6 Å². The lowest BCUT2D eigenvalue weighted by Crippen LogP contribution is -2.19. The highest BCUT2D eigenvalue weighted by Crippen LogP contribution is 2.31. The second-order valence-corrected chi connectivity index (χ2v) is 6.24. The number of nitrogens with one attached hydrogen (secondary N) is 2. The first-order valence-electron chi connectivity index (χ1n) is 8.71. The van der Waals surface area contributed by atoms with Crippen LogP contribution in [0.2, 0.25) is 0 Å². The van der Waals surface area contributed by atoms with Gasteiger partial charge in [0.05, 0.1) is 25.6 Å². The van der Waals surface area contributed by atoms with Crippen LogP contribution >= 0.6 is 0 Å². The van der Waals surface area contributed by atoms with E-state index in [-0.39, 0.29) is 5.91 Å². The van der Waals surface area contributed by atoms with Crippen molar-refractivity contribution in [2.45, 2.75) is 13.8 Å². The molecular formula is C21H22N4O3. The first-order valence-corrected chi connectivity index (χ1v) is 8.71. The lowest BCUT2D eigenvalue weighted by Gasteiger charge is -2.08. The molecule has 2 N–H and O–H groups in total. The number of methoxy groups -OCH3 is 2. The van der Waals surface area contributed by atoms with Gasteiger partial charge in [-0.05, 0) is 43.7 Å². The van der Waals surface area contributed by atoms with Crippen molar-refractivity contribution >= 4 is 11.6 Å². The lowest BCUT2D eigenvalue weighted by molar-refractivity contribution is 0.0950. The molecule has 0 fully saturated rings. The summed E-state index contributed by atoms with van der Waals surface area (Å²) >= 11 is 0. The molecule has 2 aromatic carbocycles. The number of benzene rings is 2. The normalized spacial score (nSPS) is 11.2. The summed E-state index contributed by atoms with van der Waals surface area (Å²) in [5.74, 6) is 0.846. The average molecular weight is 378 g/mol. The van der Waals surface area contributed by atoms with Gasteiger partial charge in [0.15, 0.2) is 11.5 Å². The molecule has 0 radical (unpaired) electrons. The van der Waals surface area contributed by atoms with Gasteiger partial charge < -0.3 is 9.47 Å². The highest BCUT2D eigenvalue weighted by molar-refractivity contribution is 6.00. The zero-order chi connectivity index (χ0) is 20.1. The minimum atomic E-state index is -0.370. The van der Waals surface area contributed by atoms with Gasteiger partial charge in [-0.25, -0.2) is 5.43 Å². The Kier molecular flexibility index (Phi) is 5.74. The van der Waals surface area contributed by atoms with Crippen LogP contribution in [-0.4, -0.2) is 36.0 Å². The van der Waals surface area contributed by atoms with Crippen LogP contribution < -0.4 is 14.9 Å².